The molecule has 1 aromatic rings. The summed E-state index contributed by atoms with van der Waals surface area (Å²) in [6.45, 7) is 3.45. The Morgan fingerprint density at radius 2 is 2.20 bits per heavy atom. The van der Waals surface area contributed by atoms with Gasteiger partial charge in [-0.2, -0.15) is 0 Å². The van der Waals surface area contributed by atoms with Crippen LogP contribution in [-0.2, 0) is 9.59 Å². The van der Waals surface area contributed by atoms with Crippen LogP contribution in [0.2, 0.25) is 0 Å². The summed E-state index contributed by atoms with van der Waals surface area (Å²) in [5, 5.41) is 2.80. The molecule has 1 heterocycles. The Bertz CT molecular complexity index is 530. The van der Waals surface area contributed by atoms with Crippen molar-refractivity contribution in [3.05, 3.63) is 23.8 Å². The quantitative estimate of drug-likeness (QED) is 0.689. The molecule has 5 N–H and O–H groups in total. The molecule has 20 heavy (non-hydrogen) atoms. The van der Waals surface area contributed by atoms with Crippen molar-refractivity contribution in [3.8, 4) is 0 Å². The van der Waals surface area contributed by atoms with Gasteiger partial charge in [0.2, 0.25) is 11.8 Å². The number of aryl methyl sites for hydroxylation is 1. The minimum atomic E-state index is -0.292. The largest absolute Gasteiger partial charge is 0.398 e. The number of likely N-dealkylation sites (tertiary alicyclic amines) is 1. The van der Waals surface area contributed by atoms with Crippen molar-refractivity contribution < 1.29 is 9.59 Å². The number of nitrogen functional groups attached to an aromatic ring is 1. The third-order valence-corrected chi connectivity index (χ3v) is 3.60. The molecule has 1 fully saturated rings. The Morgan fingerprint density at radius 3 is 2.80 bits per heavy atom. The highest BCUT2D eigenvalue weighted by Crippen LogP contribution is 2.18. The Kier molecular flexibility index (Phi) is 4.24. The van der Waals surface area contributed by atoms with Gasteiger partial charge in [0.05, 0.1) is 12.5 Å². The van der Waals surface area contributed by atoms with E-state index in [9.17, 15) is 9.59 Å². The van der Waals surface area contributed by atoms with Crippen LogP contribution in [0.5, 0.6) is 0 Å². The van der Waals surface area contributed by atoms with Crippen LogP contribution in [-0.4, -0.2) is 36.3 Å². The van der Waals surface area contributed by atoms with Crippen LogP contribution in [0.1, 0.15) is 12.0 Å². The van der Waals surface area contributed by atoms with E-state index in [0.29, 0.717) is 17.9 Å². The van der Waals surface area contributed by atoms with Crippen LogP contribution in [0.15, 0.2) is 18.2 Å². The van der Waals surface area contributed by atoms with Gasteiger partial charge >= 0.3 is 0 Å². The van der Waals surface area contributed by atoms with E-state index in [0.717, 1.165) is 18.5 Å². The lowest BCUT2D eigenvalue weighted by molar-refractivity contribution is -0.122. The number of nitrogens with two attached hydrogens (primary N) is 2. The molecule has 6 nitrogen and oxygen atoms in total. The van der Waals surface area contributed by atoms with E-state index in [1.807, 2.05) is 24.0 Å². The zero-order chi connectivity index (χ0) is 14.7. The molecule has 2 amide bonds. The number of carbonyl (C=O) groups is 2. The van der Waals surface area contributed by atoms with Gasteiger partial charge in [-0.05, 0) is 37.6 Å². The average molecular weight is 276 g/mol. The van der Waals surface area contributed by atoms with E-state index >= 15 is 0 Å². The van der Waals surface area contributed by atoms with Gasteiger partial charge in [0, 0.05) is 17.9 Å². The van der Waals surface area contributed by atoms with Gasteiger partial charge in [0.25, 0.3) is 0 Å². The highest BCUT2D eigenvalue weighted by atomic mass is 16.2. The van der Waals surface area contributed by atoms with E-state index in [-0.39, 0.29) is 24.3 Å². The van der Waals surface area contributed by atoms with Crippen LogP contribution in [0.4, 0.5) is 11.4 Å². The summed E-state index contributed by atoms with van der Waals surface area (Å²) < 4.78 is 0. The molecule has 1 saturated heterocycles. The maximum Gasteiger partial charge on any atom is 0.238 e. The van der Waals surface area contributed by atoms with Crippen molar-refractivity contribution in [2.75, 3.05) is 30.7 Å². The second-order valence-corrected chi connectivity index (χ2v) is 5.24. The maximum atomic E-state index is 11.9. The molecule has 0 spiro atoms. The van der Waals surface area contributed by atoms with Crippen molar-refractivity contribution in [2.45, 2.75) is 13.3 Å². The Balaban J connectivity index is 1.87. The number of hydrogen-bond donors (Lipinski definition) is 3. The molecule has 108 valence electrons. The second-order valence-electron chi connectivity index (χ2n) is 5.24. The first-order valence-electron chi connectivity index (χ1n) is 6.63. The molecule has 2 rings (SSSR count). The summed E-state index contributed by atoms with van der Waals surface area (Å²) in [5.74, 6) is -0.546. The number of hydrogen-bond acceptors (Lipinski definition) is 4. The van der Waals surface area contributed by atoms with Crippen LogP contribution in [0.25, 0.3) is 0 Å². The van der Waals surface area contributed by atoms with Crippen molar-refractivity contribution in [3.63, 3.8) is 0 Å². The number of primary amides is 1. The number of rotatable bonds is 4. The van der Waals surface area contributed by atoms with Crippen LogP contribution < -0.4 is 16.8 Å². The molecular weight excluding hydrogens is 256 g/mol. The predicted molar refractivity (Wildman–Crippen MR) is 78.0 cm³/mol. The first-order valence-corrected chi connectivity index (χ1v) is 6.63. The zero-order valence-corrected chi connectivity index (χ0v) is 11.6. The molecule has 1 aromatic carbocycles. The maximum absolute atomic E-state index is 11.9. The summed E-state index contributed by atoms with van der Waals surface area (Å²) in [6.07, 6.45) is 0.722. The van der Waals surface area contributed by atoms with E-state index in [4.69, 9.17) is 11.5 Å². The topological polar surface area (TPSA) is 101 Å². The minimum absolute atomic E-state index is 0.113. The average Bonchev–Trinajstić information content (AvgIpc) is 2.82. The monoisotopic (exact) mass is 276 g/mol. The highest BCUT2D eigenvalue weighted by Gasteiger charge is 2.27. The third kappa shape index (κ3) is 3.48. The molecule has 0 aromatic heterocycles. The molecule has 0 bridgehead atoms. The first kappa shape index (κ1) is 14.3. The first-order chi connectivity index (χ1) is 9.45. The number of nitrogens with zero attached hydrogens (tertiary/aromatic N) is 1. The molecule has 6 heteroatoms. The van der Waals surface area contributed by atoms with Gasteiger partial charge in [-0.15, -0.1) is 0 Å². The standard InChI is InChI=1S/C14H20N4O2/c1-9-2-3-11(6-12(9)15)17-13(19)8-18-5-4-10(7-18)14(16)20/h2-3,6,10H,4-5,7-8,15H2,1H3,(H2,16,20)(H,17,19). The van der Waals surface area contributed by atoms with Crippen LogP contribution in [0.3, 0.4) is 0 Å². The summed E-state index contributed by atoms with van der Waals surface area (Å²) in [6, 6.07) is 5.42. The lowest BCUT2D eigenvalue weighted by Crippen LogP contribution is -2.33. The lowest BCUT2D eigenvalue weighted by Gasteiger charge is -2.15. The molecule has 0 aliphatic carbocycles. The third-order valence-electron chi connectivity index (χ3n) is 3.60. The number of amides is 2. The van der Waals surface area contributed by atoms with Crippen molar-refractivity contribution in [1.29, 1.82) is 0 Å². The Morgan fingerprint density at radius 1 is 1.45 bits per heavy atom. The molecule has 1 aliphatic heterocycles. The summed E-state index contributed by atoms with van der Waals surface area (Å²) >= 11 is 0. The van der Waals surface area contributed by atoms with Gasteiger partial charge in [-0.3, -0.25) is 14.5 Å². The zero-order valence-electron chi connectivity index (χ0n) is 11.6. The molecular formula is C14H20N4O2. The number of nitrogens with one attached hydrogen (secondary N) is 1. The van der Waals surface area contributed by atoms with Gasteiger partial charge in [-0.1, -0.05) is 6.07 Å². The number of anilines is 2. The SMILES string of the molecule is Cc1ccc(NC(=O)CN2CCC(C(N)=O)C2)cc1N. The van der Waals surface area contributed by atoms with Crippen molar-refractivity contribution in [2.24, 2.45) is 11.7 Å². The van der Waals surface area contributed by atoms with Crippen molar-refractivity contribution in [1.82, 2.24) is 4.90 Å². The number of carbonyl (C=O) groups excluding carboxylic acids is 2. The fourth-order valence-electron chi connectivity index (χ4n) is 2.33. The second kappa shape index (κ2) is 5.92. The highest BCUT2D eigenvalue weighted by molar-refractivity contribution is 5.92. The van der Waals surface area contributed by atoms with E-state index in [1.54, 1.807) is 6.07 Å². The van der Waals surface area contributed by atoms with E-state index in [2.05, 4.69) is 5.32 Å². The molecule has 0 saturated carbocycles. The Labute approximate surface area is 118 Å². The van der Waals surface area contributed by atoms with Gasteiger partial charge in [0.1, 0.15) is 0 Å². The fourth-order valence-corrected chi connectivity index (χ4v) is 2.33. The molecule has 1 aliphatic rings. The minimum Gasteiger partial charge on any atom is -0.398 e. The van der Waals surface area contributed by atoms with Crippen LogP contribution >= 0.6 is 0 Å². The summed E-state index contributed by atoms with van der Waals surface area (Å²) in [7, 11) is 0. The molecule has 1 atom stereocenters. The normalized spacial score (nSPS) is 18.9. The Hall–Kier alpha value is -2.08. The molecule has 0 radical (unpaired) electrons. The molecule has 1 unspecified atom stereocenters. The van der Waals surface area contributed by atoms with E-state index in [1.165, 1.54) is 0 Å². The predicted octanol–water partition coefficient (Wildman–Crippen LogP) is 0.323. The smallest absolute Gasteiger partial charge is 0.238 e. The van der Waals surface area contributed by atoms with Gasteiger partial charge in [0.15, 0.2) is 0 Å². The fraction of sp³-hybridized carbons (Fsp3) is 0.429. The van der Waals surface area contributed by atoms with Crippen LogP contribution in [0, 0.1) is 12.8 Å². The number of benzene rings is 1. The van der Waals surface area contributed by atoms with Gasteiger partial charge < -0.3 is 16.8 Å². The lowest BCUT2D eigenvalue weighted by atomic mass is 10.1. The summed E-state index contributed by atoms with van der Waals surface area (Å²) in [5.41, 5.74) is 13.4. The summed E-state index contributed by atoms with van der Waals surface area (Å²) in [4.78, 5) is 24.9. The van der Waals surface area contributed by atoms with E-state index < -0.39 is 0 Å². The van der Waals surface area contributed by atoms with Crippen molar-refractivity contribution >= 4 is 23.2 Å². The van der Waals surface area contributed by atoms with Gasteiger partial charge in [-0.25, -0.2) is 0 Å².